The molecule has 0 aromatic heterocycles. The molecule has 124 valence electrons. The summed E-state index contributed by atoms with van der Waals surface area (Å²) in [4.78, 5) is 11.1. The van der Waals surface area contributed by atoms with Crippen LogP contribution in [0.5, 0.6) is 0 Å². The molecular weight excluding hydrogens is 304 g/mol. The third-order valence-electron chi connectivity index (χ3n) is 2.71. The van der Waals surface area contributed by atoms with Crippen molar-refractivity contribution in [2.24, 2.45) is 5.92 Å². The minimum absolute atomic E-state index is 0.0528. The highest BCUT2D eigenvalue weighted by molar-refractivity contribution is 7.89. The van der Waals surface area contributed by atoms with Crippen LogP contribution in [0.1, 0.15) is 45.0 Å². The number of anilines is 1. The molecule has 0 bridgehead atoms. The summed E-state index contributed by atoms with van der Waals surface area (Å²) in [5.74, 6) is -1.01. The molecule has 0 spiro atoms. The van der Waals surface area contributed by atoms with Gasteiger partial charge in [-0.1, -0.05) is 13.8 Å². The average molecular weight is 328 g/mol. The van der Waals surface area contributed by atoms with Crippen LogP contribution >= 0.6 is 0 Å². The van der Waals surface area contributed by atoms with Gasteiger partial charge in [0.2, 0.25) is 10.0 Å². The number of sulfonamides is 1. The fraction of sp³-hybridized carbons (Fsp3) is 0.533. The molecule has 0 atom stereocenters. The van der Waals surface area contributed by atoms with Crippen LogP contribution in [-0.4, -0.2) is 31.6 Å². The van der Waals surface area contributed by atoms with Gasteiger partial charge in [-0.3, -0.25) is 0 Å². The Bertz CT molecular complexity index is 646. The van der Waals surface area contributed by atoms with Crippen LogP contribution in [0, 0.1) is 5.92 Å². The normalized spacial score (nSPS) is 12.5. The number of carboxylic acid groups (broad SMARTS) is 1. The summed E-state index contributed by atoms with van der Waals surface area (Å²) in [6, 6.07) is 4.05. The Morgan fingerprint density at radius 2 is 1.86 bits per heavy atom. The molecule has 7 heteroatoms. The predicted octanol–water partition coefficient (Wildman–Crippen LogP) is 2.53. The van der Waals surface area contributed by atoms with Gasteiger partial charge in [-0.15, -0.1) is 0 Å². The largest absolute Gasteiger partial charge is 0.478 e. The van der Waals surface area contributed by atoms with Crippen molar-refractivity contribution in [1.82, 2.24) is 4.72 Å². The van der Waals surface area contributed by atoms with Crippen molar-refractivity contribution in [1.29, 1.82) is 0 Å². The molecule has 0 heterocycles. The molecule has 0 fully saturated rings. The van der Waals surface area contributed by atoms with Crippen molar-refractivity contribution in [3.05, 3.63) is 23.8 Å². The number of nitrogens with one attached hydrogen (secondary N) is 2. The van der Waals surface area contributed by atoms with Crippen LogP contribution in [0.3, 0.4) is 0 Å². The molecule has 0 unspecified atom stereocenters. The molecule has 1 aromatic carbocycles. The molecule has 0 amide bonds. The van der Waals surface area contributed by atoms with Gasteiger partial charge in [0, 0.05) is 12.1 Å². The van der Waals surface area contributed by atoms with Crippen molar-refractivity contribution >= 4 is 21.7 Å². The van der Waals surface area contributed by atoms with E-state index in [0.29, 0.717) is 5.69 Å². The minimum Gasteiger partial charge on any atom is -0.478 e. The lowest BCUT2D eigenvalue weighted by atomic mass is 10.1. The second-order valence-corrected chi connectivity index (χ2v) is 8.37. The third-order valence-corrected chi connectivity index (χ3v) is 4.17. The van der Waals surface area contributed by atoms with Crippen LogP contribution in [0.25, 0.3) is 0 Å². The summed E-state index contributed by atoms with van der Waals surface area (Å²) in [5, 5.41) is 12.2. The quantitative estimate of drug-likeness (QED) is 0.746. The molecule has 0 aliphatic carbocycles. The summed E-state index contributed by atoms with van der Waals surface area (Å²) in [6.45, 7) is 9.77. The maximum Gasteiger partial charge on any atom is 0.335 e. The Labute approximate surface area is 132 Å². The van der Waals surface area contributed by atoms with E-state index >= 15 is 0 Å². The zero-order valence-electron chi connectivity index (χ0n) is 13.6. The third kappa shape index (κ3) is 5.31. The topological polar surface area (TPSA) is 95.5 Å². The molecule has 1 aromatic rings. The van der Waals surface area contributed by atoms with Crippen molar-refractivity contribution in [3.8, 4) is 0 Å². The summed E-state index contributed by atoms with van der Waals surface area (Å²) in [5.41, 5.74) is -0.0364. The van der Waals surface area contributed by atoms with Gasteiger partial charge in [0.1, 0.15) is 4.90 Å². The molecule has 0 aliphatic rings. The second-order valence-electron chi connectivity index (χ2n) is 6.64. The summed E-state index contributed by atoms with van der Waals surface area (Å²) >= 11 is 0. The van der Waals surface area contributed by atoms with Gasteiger partial charge in [0.05, 0.1) is 11.3 Å². The number of aromatic carboxylic acids is 1. The van der Waals surface area contributed by atoms with Gasteiger partial charge >= 0.3 is 5.97 Å². The summed E-state index contributed by atoms with van der Waals surface area (Å²) in [7, 11) is -3.79. The van der Waals surface area contributed by atoms with Gasteiger partial charge < -0.3 is 10.4 Å². The highest BCUT2D eigenvalue weighted by Crippen LogP contribution is 2.26. The van der Waals surface area contributed by atoms with Gasteiger partial charge in [-0.2, -0.15) is 0 Å². The van der Waals surface area contributed by atoms with Crippen molar-refractivity contribution in [2.75, 3.05) is 11.9 Å². The Morgan fingerprint density at radius 3 is 2.32 bits per heavy atom. The number of hydrogen-bond donors (Lipinski definition) is 3. The van der Waals surface area contributed by atoms with E-state index in [9.17, 15) is 13.2 Å². The lowest BCUT2D eigenvalue weighted by molar-refractivity contribution is 0.0696. The number of hydrogen-bond acceptors (Lipinski definition) is 4. The summed E-state index contributed by atoms with van der Waals surface area (Å²) < 4.78 is 27.5. The highest BCUT2D eigenvalue weighted by Gasteiger charge is 2.23. The first-order chi connectivity index (χ1) is 9.92. The van der Waals surface area contributed by atoms with E-state index in [4.69, 9.17) is 5.11 Å². The fourth-order valence-corrected chi connectivity index (χ4v) is 3.14. The van der Waals surface area contributed by atoms with E-state index in [-0.39, 0.29) is 28.5 Å². The monoisotopic (exact) mass is 328 g/mol. The van der Waals surface area contributed by atoms with Crippen LogP contribution in [0.15, 0.2) is 23.1 Å². The molecule has 0 aliphatic heterocycles. The van der Waals surface area contributed by atoms with Gasteiger partial charge in [0.25, 0.3) is 0 Å². The lowest BCUT2D eigenvalue weighted by Gasteiger charge is -2.24. The molecule has 6 nitrogen and oxygen atoms in total. The smallest absolute Gasteiger partial charge is 0.335 e. The van der Waals surface area contributed by atoms with E-state index in [0.717, 1.165) is 0 Å². The van der Waals surface area contributed by atoms with E-state index in [1.807, 2.05) is 34.6 Å². The van der Waals surface area contributed by atoms with Crippen LogP contribution in [0.4, 0.5) is 5.69 Å². The molecule has 0 saturated heterocycles. The van der Waals surface area contributed by atoms with E-state index < -0.39 is 16.0 Å². The van der Waals surface area contributed by atoms with E-state index in [1.165, 1.54) is 18.2 Å². The molecular formula is C15H24N2O4S. The standard InChI is InChI=1S/C15H24N2O4S/c1-10(2)9-16-22(20,21)13-8-11(14(18)19)6-7-12(13)17-15(3,4)5/h6-8,10,16-17H,9H2,1-5H3,(H,18,19). The van der Waals surface area contributed by atoms with E-state index in [1.54, 1.807) is 0 Å². The van der Waals surface area contributed by atoms with Crippen LogP contribution in [0.2, 0.25) is 0 Å². The van der Waals surface area contributed by atoms with Crippen LogP contribution in [-0.2, 0) is 10.0 Å². The maximum absolute atomic E-state index is 12.5. The number of carboxylic acids is 1. The minimum atomic E-state index is -3.79. The van der Waals surface area contributed by atoms with Crippen LogP contribution < -0.4 is 10.0 Å². The molecule has 3 N–H and O–H groups in total. The predicted molar refractivity (Wildman–Crippen MR) is 86.8 cm³/mol. The Kier molecular flexibility index (Phi) is 5.59. The Balaban J connectivity index is 3.33. The van der Waals surface area contributed by atoms with Crippen molar-refractivity contribution in [3.63, 3.8) is 0 Å². The number of rotatable bonds is 6. The molecule has 22 heavy (non-hydrogen) atoms. The Hall–Kier alpha value is -1.60. The van der Waals surface area contributed by atoms with Crippen molar-refractivity contribution in [2.45, 2.75) is 45.1 Å². The average Bonchev–Trinajstić information content (AvgIpc) is 2.34. The number of carbonyl (C=O) groups is 1. The maximum atomic E-state index is 12.5. The zero-order valence-corrected chi connectivity index (χ0v) is 14.4. The number of benzene rings is 1. The summed E-state index contributed by atoms with van der Waals surface area (Å²) in [6.07, 6.45) is 0. The SMILES string of the molecule is CC(C)CNS(=O)(=O)c1cc(C(=O)O)ccc1NC(C)(C)C. The molecule has 1 rings (SSSR count). The lowest BCUT2D eigenvalue weighted by Crippen LogP contribution is -2.31. The fourth-order valence-electron chi connectivity index (χ4n) is 1.74. The van der Waals surface area contributed by atoms with Gasteiger partial charge in [-0.25, -0.2) is 17.9 Å². The first-order valence-electron chi connectivity index (χ1n) is 7.07. The van der Waals surface area contributed by atoms with Gasteiger partial charge in [-0.05, 0) is 44.9 Å². The molecule has 0 radical (unpaired) electrons. The van der Waals surface area contributed by atoms with Crippen molar-refractivity contribution < 1.29 is 18.3 Å². The molecule has 0 saturated carbocycles. The van der Waals surface area contributed by atoms with Gasteiger partial charge in [0.15, 0.2) is 0 Å². The Morgan fingerprint density at radius 1 is 1.27 bits per heavy atom. The highest BCUT2D eigenvalue weighted by atomic mass is 32.2. The van der Waals surface area contributed by atoms with E-state index in [2.05, 4.69) is 10.0 Å². The first-order valence-corrected chi connectivity index (χ1v) is 8.56. The first kappa shape index (κ1) is 18.4. The second kappa shape index (κ2) is 6.66. The zero-order chi connectivity index (χ0) is 17.1.